The van der Waals surface area contributed by atoms with E-state index in [1.54, 1.807) is 0 Å². The number of aliphatic carboxylic acids is 1. The number of nitrogens with zero attached hydrogens (tertiary/aromatic N) is 3. The summed E-state index contributed by atoms with van der Waals surface area (Å²) in [5.74, 6) is -0.743. The molecule has 0 amide bonds. The molecule has 20 heavy (non-hydrogen) atoms. The molecule has 5 heteroatoms. The van der Waals surface area contributed by atoms with Crippen molar-refractivity contribution in [3.05, 3.63) is 18.0 Å². The van der Waals surface area contributed by atoms with Gasteiger partial charge in [-0.05, 0) is 32.4 Å². The zero-order valence-electron chi connectivity index (χ0n) is 12.5. The quantitative estimate of drug-likeness (QED) is 0.833. The molecule has 0 aliphatic heterocycles. The molecular weight excluding hydrogens is 254 g/mol. The highest BCUT2D eigenvalue weighted by Crippen LogP contribution is 2.28. The highest BCUT2D eigenvalue weighted by atomic mass is 16.4. The second kappa shape index (κ2) is 6.88. The maximum absolute atomic E-state index is 10.8. The number of hydrogen-bond acceptors (Lipinski definition) is 3. The topological polar surface area (TPSA) is 58.4 Å². The fourth-order valence-corrected chi connectivity index (χ4v) is 3.00. The average Bonchev–Trinajstić information content (AvgIpc) is 3.05. The van der Waals surface area contributed by atoms with Gasteiger partial charge in [-0.25, -0.2) is 0 Å². The summed E-state index contributed by atoms with van der Waals surface area (Å²) in [6.07, 6.45) is 7.31. The summed E-state index contributed by atoms with van der Waals surface area (Å²) >= 11 is 0. The maximum Gasteiger partial charge on any atom is 0.304 e. The van der Waals surface area contributed by atoms with E-state index in [9.17, 15) is 4.79 Å². The summed E-state index contributed by atoms with van der Waals surface area (Å²) in [5.41, 5.74) is 1.04. The van der Waals surface area contributed by atoms with Gasteiger partial charge in [-0.15, -0.1) is 0 Å². The van der Waals surface area contributed by atoms with Gasteiger partial charge in [0.2, 0.25) is 0 Å². The molecule has 0 aromatic carbocycles. The van der Waals surface area contributed by atoms with Crippen molar-refractivity contribution in [1.82, 2.24) is 14.7 Å². The van der Waals surface area contributed by atoms with Gasteiger partial charge in [-0.3, -0.25) is 14.4 Å². The maximum atomic E-state index is 10.8. The Morgan fingerprint density at radius 3 is 2.85 bits per heavy atom. The van der Waals surface area contributed by atoms with Crippen LogP contribution < -0.4 is 0 Å². The van der Waals surface area contributed by atoms with Crippen LogP contribution in [0.2, 0.25) is 0 Å². The van der Waals surface area contributed by atoms with E-state index in [4.69, 9.17) is 5.11 Å². The molecule has 1 unspecified atom stereocenters. The van der Waals surface area contributed by atoms with Crippen molar-refractivity contribution in [2.24, 2.45) is 0 Å². The van der Waals surface area contributed by atoms with Crippen LogP contribution in [0.1, 0.15) is 57.7 Å². The minimum atomic E-state index is -0.743. The van der Waals surface area contributed by atoms with Crippen molar-refractivity contribution >= 4 is 5.97 Å². The van der Waals surface area contributed by atoms with Crippen LogP contribution in [0.15, 0.2) is 12.3 Å². The Balaban J connectivity index is 1.95. The summed E-state index contributed by atoms with van der Waals surface area (Å²) in [5, 5.41) is 13.6. The Morgan fingerprint density at radius 1 is 1.55 bits per heavy atom. The standard InChI is InChI=1S/C15H25N3O2/c1-3-17(12(2)10-15(19)20)11-13-8-9-18(16-13)14-6-4-5-7-14/h8-9,12,14H,3-7,10-11H2,1-2H3,(H,19,20). The molecular formula is C15H25N3O2. The molecule has 1 N–H and O–H groups in total. The molecule has 1 aromatic heterocycles. The van der Waals surface area contributed by atoms with Crippen LogP contribution in [-0.2, 0) is 11.3 Å². The zero-order valence-corrected chi connectivity index (χ0v) is 12.5. The second-order valence-electron chi connectivity index (χ2n) is 5.74. The van der Waals surface area contributed by atoms with Gasteiger partial charge in [-0.2, -0.15) is 5.10 Å². The van der Waals surface area contributed by atoms with E-state index < -0.39 is 5.97 Å². The van der Waals surface area contributed by atoms with E-state index in [0.717, 1.165) is 18.8 Å². The van der Waals surface area contributed by atoms with Crippen LogP contribution in [0, 0.1) is 0 Å². The molecule has 1 atom stereocenters. The van der Waals surface area contributed by atoms with Gasteiger partial charge in [0, 0.05) is 18.8 Å². The van der Waals surface area contributed by atoms with Gasteiger partial charge in [-0.1, -0.05) is 19.8 Å². The lowest BCUT2D eigenvalue weighted by Gasteiger charge is -2.25. The van der Waals surface area contributed by atoms with E-state index in [1.807, 2.05) is 6.92 Å². The predicted molar refractivity (Wildman–Crippen MR) is 77.5 cm³/mol. The van der Waals surface area contributed by atoms with Gasteiger partial charge < -0.3 is 5.11 Å². The fourth-order valence-electron chi connectivity index (χ4n) is 3.00. The van der Waals surface area contributed by atoms with E-state index >= 15 is 0 Å². The third kappa shape index (κ3) is 3.82. The van der Waals surface area contributed by atoms with E-state index in [-0.39, 0.29) is 12.5 Å². The van der Waals surface area contributed by atoms with Crippen molar-refractivity contribution in [2.45, 2.75) is 64.6 Å². The minimum Gasteiger partial charge on any atom is -0.481 e. The molecule has 0 bridgehead atoms. The lowest BCUT2D eigenvalue weighted by atomic mass is 10.2. The number of rotatable bonds is 7. The molecule has 1 aliphatic carbocycles. The second-order valence-corrected chi connectivity index (χ2v) is 5.74. The third-order valence-corrected chi connectivity index (χ3v) is 4.23. The summed E-state index contributed by atoms with van der Waals surface area (Å²) < 4.78 is 2.10. The van der Waals surface area contributed by atoms with E-state index in [0.29, 0.717) is 6.04 Å². The van der Waals surface area contributed by atoms with Gasteiger partial charge in [0.1, 0.15) is 0 Å². The fraction of sp³-hybridized carbons (Fsp3) is 0.733. The highest BCUT2D eigenvalue weighted by Gasteiger charge is 2.19. The van der Waals surface area contributed by atoms with Crippen LogP contribution in [-0.4, -0.2) is 38.3 Å². The van der Waals surface area contributed by atoms with Crippen LogP contribution in [0.25, 0.3) is 0 Å². The Labute approximate surface area is 120 Å². The molecule has 1 fully saturated rings. The smallest absolute Gasteiger partial charge is 0.304 e. The molecule has 112 valence electrons. The van der Waals surface area contributed by atoms with Crippen molar-refractivity contribution in [3.8, 4) is 0 Å². The summed E-state index contributed by atoms with van der Waals surface area (Å²) in [6.45, 7) is 5.59. The SMILES string of the molecule is CCN(Cc1ccn(C2CCCC2)n1)C(C)CC(=O)O. The molecule has 1 aliphatic rings. The normalized spacial score (nSPS) is 17.8. The largest absolute Gasteiger partial charge is 0.481 e. The van der Waals surface area contributed by atoms with Gasteiger partial charge in [0.15, 0.2) is 0 Å². The van der Waals surface area contributed by atoms with Crippen LogP contribution in [0.5, 0.6) is 0 Å². The average molecular weight is 279 g/mol. The minimum absolute atomic E-state index is 0.0362. The lowest BCUT2D eigenvalue weighted by Crippen LogP contribution is -2.34. The number of carboxylic acid groups (broad SMARTS) is 1. The van der Waals surface area contributed by atoms with Crippen LogP contribution in [0.3, 0.4) is 0 Å². The van der Waals surface area contributed by atoms with Crippen LogP contribution in [0.4, 0.5) is 0 Å². The Bertz CT molecular complexity index is 438. The first kappa shape index (κ1) is 15.0. The molecule has 1 aromatic rings. The monoisotopic (exact) mass is 279 g/mol. The summed E-state index contributed by atoms with van der Waals surface area (Å²) in [7, 11) is 0. The van der Waals surface area contributed by atoms with Gasteiger partial charge >= 0.3 is 5.97 Å². The molecule has 0 saturated heterocycles. The van der Waals surface area contributed by atoms with E-state index in [2.05, 4.69) is 33.9 Å². The Morgan fingerprint density at radius 2 is 2.25 bits per heavy atom. The zero-order chi connectivity index (χ0) is 14.5. The van der Waals surface area contributed by atoms with Crippen molar-refractivity contribution < 1.29 is 9.90 Å². The van der Waals surface area contributed by atoms with E-state index in [1.165, 1.54) is 25.7 Å². The first-order chi connectivity index (χ1) is 9.60. The molecule has 5 nitrogen and oxygen atoms in total. The Kier molecular flexibility index (Phi) is 5.17. The van der Waals surface area contributed by atoms with Crippen molar-refractivity contribution in [1.29, 1.82) is 0 Å². The number of carboxylic acids is 1. The van der Waals surface area contributed by atoms with Crippen molar-refractivity contribution in [3.63, 3.8) is 0 Å². The number of hydrogen-bond donors (Lipinski definition) is 1. The molecule has 1 heterocycles. The van der Waals surface area contributed by atoms with Gasteiger partial charge in [0.25, 0.3) is 0 Å². The first-order valence-corrected chi connectivity index (χ1v) is 7.60. The molecule has 2 rings (SSSR count). The van der Waals surface area contributed by atoms with Crippen LogP contribution >= 0.6 is 0 Å². The first-order valence-electron chi connectivity index (χ1n) is 7.60. The van der Waals surface area contributed by atoms with Gasteiger partial charge in [0.05, 0.1) is 18.2 Å². The lowest BCUT2D eigenvalue weighted by molar-refractivity contribution is -0.138. The molecule has 0 spiro atoms. The summed E-state index contributed by atoms with van der Waals surface area (Å²) in [4.78, 5) is 13.0. The summed E-state index contributed by atoms with van der Waals surface area (Å²) in [6, 6.07) is 2.67. The molecule has 1 saturated carbocycles. The predicted octanol–water partition coefficient (Wildman–Crippen LogP) is 2.68. The Hall–Kier alpha value is -1.36. The van der Waals surface area contributed by atoms with Crippen molar-refractivity contribution in [2.75, 3.05) is 6.54 Å². The third-order valence-electron chi connectivity index (χ3n) is 4.23. The number of aromatic nitrogens is 2. The number of carbonyl (C=O) groups is 1. The molecule has 0 radical (unpaired) electrons. The highest BCUT2D eigenvalue weighted by molar-refractivity contribution is 5.67.